The number of piperazine rings is 1. The summed E-state index contributed by atoms with van der Waals surface area (Å²) in [6.45, 7) is 5.10. The van der Waals surface area contributed by atoms with Crippen molar-refractivity contribution in [2.75, 3.05) is 18.8 Å². The average molecular weight is 480 g/mol. The lowest BCUT2D eigenvalue weighted by Crippen LogP contribution is -2.68. The maximum Gasteiger partial charge on any atom is 0.226 e. The van der Waals surface area contributed by atoms with E-state index < -0.39 is 10.0 Å². The summed E-state index contributed by atoms with van der Waals surface area (Å²) in [4.78, 5) is 30.1. The fourth-order valence-corrected chi connectivity index (χ4v) is 9.51. The van der Waals surface area contributed by atoms with Crippen LogP contribution in [0.4, 0.5) is 0 Å². The van der Waals surface area contributed by atoms with Gasteiger partial charge in [-0.05, 0) is 70.1 Å². The van der Waals surface area contributed by atoms with E-state index in [1.165, 1.54) is 0 Å². The molecule has 186 valence electrons. The van der Waals surface area contributed by atoms with Crippen LogP contribution in [-0.2, 0) is 19.6 Å². The van der Waals surface area contributed by atoms with Crippen LogP contribution in [0.3, 0.4) is 0 Å². The summed E-state index contributed by atoms with van der Waals surface area (Å²) in [5, 5.41) is 0. The predicted octanol–water partition coefficient (Wildman–Crippen LogP) is 3.00. The van der Waals surface area contributed by atoms with Gasteiger partial charge in [-0.2, -0.15) is 4.31 Å². The smallest absolute Gasteiger partial charge is 0.226 e. The van der Waals surface area contributed by atoms with Crippen molar-refractivity contribution in [3.05, 3.63) is 0 Å². The fraction of sp³-hybridized carbons (Fsp3) is 0.920. The fourth-order valence-electron chi connectivity index (χ4n) is 7.73. The van der Waals surface area contributed by atoms with Crippen molar-refractivity contribution in [3.8, 4) is 0 Å². The zero-order valence-electron chi connectivity index (χ0n) is 20.3. The molecule has 0 spiro atoms. The van der Waals surface area contributed by atoms with Gasteiger partial charge < -0.3 is 9.80 Å². The molecule has 0 aromatic heterocycles. The third-order valence-electron chi connectivity index (χ3n) is 9.52. The van der Waals surface area contributed by atoms with E-state index >= 15 is 0 Å². The van der Waals surface area contributed by atoms with Crippen LogP contribution in [0.2, 0.25) is 0 Å². The van der Waals surface area contributed by atoms with E-state index in [1.807, 2.05) is 0 Å². The van der Waals surface area contributed by atoms with E-state index in [2.05, 4.69) is 16.7 Å². The van der Waals surface area contributed by atoms with Crippen LogP contribution in [0.15, 0.2) is 0 Å². The predicted molar refractivity (Wildman–Crippen MR) is 127 cm³/mol. The van der Waals surface area contributed by atoms with Gasteiger partial charge in [0.05, 0.1) is 17.8 Å². The molecule has 3 saturated carbocycles. The molecular weight excluding hydrogens is 438 g/mol. The largest absolute Gasteiger partial charge is 0.335 e. The quantitative estimate of drug-likeness (QED) is 0.623. The van der Waals surface area contributed by atoms with Crippen LogP contribution in [0.1, 0.15) is 84.5 Å². The molecule has 5 rings (SSSR count). The molecule has 3 aliphatic carbocycles. The van der Waals surface area contributed by atoms with Crippen molar-refractivity contribution >= 4 is 21.8 Å². The zero-order valence-corrected chi connectivity index (χ0v) is 21.1. The first-order valence-corrected chi connectivity index (χ1v) is 15.0. The highest BCUT2D eigenvalue weighted by Gasteiger charge is 2.49. The molecule has 5 unspecified atom stereocenters. The van der Waals surface area contributed by atoms with Crippen molar-refractivity contribution in [1.29, 1.82) is 0 Å². The molecule has 2 heterocycles. The first-order valence-electron chi connectivity index (χ1n) is 13.3. The topological polar surface area (TPSA) is 78.0 Å². The van der Waals surface area contributed by atoms with Crippen molar-refractivity contribution < 1.29 is 18.0 Å². The molecule has 8 heteroatoms. The Balaban J connectivity index is 1.33. The molecule has 0 aromatic carbocycles. The standard InChI is InChI=1S/C25H41N3O4S/c1-17-16-26(25(30)19-6-3-7-19)24-15-21(10-11-23(24)28(17)18(2)29)20-8-4-9-22(14-20)27-12-5-13-33(27,31)32/h17,19-24H,3-16H2,1-2H3/t17-,20?,21?,22?,23?,24?/m0/s1. The van der Waals surface area contributed by atoms with Crippen LogP contribution >= 0.6 is 0 Å². The first kappa shape index (κ1) is 23.6. The van der Waals surface area contributed by atoms with Crippen LogP contribution in [0.25, 0.3) is 0 Å². The molecule has 0 aromatic rings. The van der Waals surface area contributed by atoms with E-state index in [-0.39, 0.29) is 36.0 Å². The molecule has 33 heavy (non-hydrogen) atoms. The second kappa shape index (κ2) is 9.14. The van der Waals surface area contributed by atoms with Crippen LogP contribution < -0.4 is 0 Å². The summed E-state index contributed by atoms with van der Waals surface area (Å²) < 4.78 is 26.8. The third-order valence-corrected chi connectivity index (χ3v) is 11.5. The maximum absolute atomic E-state index is 13.4. The van der Waals surface area contributed by atoms with E-state index in [9.17, 15) is 18.0 Å². The summed E-state index contributed by atoms with van der Waals surface area (Å²) >= 11 is 0. The molecule has 0 radical (unpaired) electrons. The van der Waals surface area contributed by atoms with E-state index in [0.717, 1.165) is 70.6 Å². The molecule has 2 aliphatic heterocycles. The van der Waals surface area contributed by atoms with Gasteiger partial charge in [0.2, 0.25) is 21.8 Å². The Bertz CT molecular complexity index is 873. The highest BCUT2D eigenvalue weighted by atomic mass is 32.2. The first-order chi connectivity index (χ1) is 15.8. The van der Waals surface area contributed by atoms with Gasteiger partial charge in [-0.1, -0.05) is 19.3 Å². The van der Waals surface area contributed by atoms with E-state index in [1.54, 1.807) is 11.2 Å². The highest BCUT2D eigenvalue weighted by molar-refractivity contribution is 7.89. The summed E-state index contributed by atoms with van der Waals surface area (Å²) in [6, 6.07) is 0.475. The minimum absolute atomic E-state index is 0.0729. The summed E-state index contributed by atoms with van der Waals surface area (Å²) in [7, 11) is -3.07. The van der Waals surface area contributed by atoms with Gasteiger partial charge in [0.1, 0.15) is 0 Å². The molecule has 2 amide bonds. The Hall–Kier alpha value is -1.15. The summed E-state index contributed by atoms with van der Waals surface area (Å²) in [5.74, 6) is 1.96. The lowest BCUT2D eigenvalue weighted by Gasteiger charge is -2.56. The number of sulfonamides is 1. The van der Waals surface area contributed by atoms with Gasteiger partial charge in [-0.3, -0.25) is 9.59 Å². The minimum atomic E-state index is -3.07. The van der Waals surface area contributed by atoms with Crippen LogP contribution in [-0.4, -0.2) is 77.3 Å². The molecule has 0 N–H and O–H groups in total. The Morgan fingerprint density at radius 2 is 1.58 bits per heavy atom. The van der Waals surface area contributed by atoms with Gasteiger partial charge in [0.25, 0.3) is 0 Å². The van der Waals surface area contributed by atoms with E-state index in [4.69, 9.17) is 0 Å². The number of hydrogen-bond donors (Lipinski definition) is 0. The van der Waals surface area contributed by atoms with Crippen molar-refractivity contribution in [1.82, 2.24) is 14.1 Å². The molecule has 0 bridgehead atoms. The van der Waals surface area contributed by atoms with Crippen molar-refractivity contribution in [3.63, 3.8) is 0 Å². The van der Waals surface area contributed by atoms with Gasteiger partial charge in [-0.15, -0.1) is 0 Å². The zero-order chi connectivity index (χ0) is 23.3. The van der Waals surface area contributed by atoms with Crippen molar-refractivity contribution in [2.45, 2.75) is 109 Å². The molecule has 5 aliphatic rings. The van der Waals surface area contributed by atoms with E-state index in [0.29, 0.717) is 36.6 Å². The number of amides is 2. The SMILES string of the molecule is CC(=O)N1C2CCC(C3CCCC(N4CCCS4(=O)=O)C3)CC2N(C(=O)C2CCC2)C[C@@H]1C. The Kier molecular flexibility index (Phi) is 6.53. The molecule has 5 fully saturated rings. The number of hydrogen-bond acceptors (Lipinski definition) is 4. The molecule has 6 atom stereocenters. The van der Waals surface area contributed by atoms with Gasteiger partial charge in [0.15, 0.2) is 0 Å². The second-order valence-corrected chi connectivity index (χ2v) is 13.5. The molecule has 7 nitrogen and oxygen atoms in total. The lowest BCUT2D eigenvalue weighted by molar-refractivity contribution is -0.159. The number of carbonyl (C=O) groups excluding carboxylic acids is 2. The monoisotopic (exact) mass is 479 g/mol. The van der Waals surface area contributed by atoms with Crippen LogP contribution in [0, 0.1) is 17.8 Å². The van der Waals surface area contributed by atoms with Gasteiger partial charge >= 0.3 is 0 Å². The molecule has 2 saturated heterocycles. The molecular formula is C25H41N3O4S. The van der Waals surface area contributed by atoms with Crippen LogP contribution in [0.5, 0.6) is 0 Å². The normalized spacial score (nSPS) is 39.7. The lowest BCUT2D eigenvalue weighted by atomic mass is 9.68. The number of nitrogens with zero attached hydrogens (tertiary/aromatic N) is 3. The Morgan fingerprint density at radius 1 is 0.848 bits per heavy atom. The van der Waals surface area contributed by atoms with Gasteiger partial charge in [0, 0.05) is 38.0 Å². The number of fused-ring (bicyclic) bond motifs is 1. The Labute approximate surface area is 199 Å². The maximum atomic E-state index is 13.4. The summed E-state index contributed by atoms with van der Waals surface area (Å²) in [6.07, 6.45) is 11.1. The number of carbonyl (C=O) groups is 2. The van der Waals surface area contributed by atoms with Gasteiger partial charge in [-0.25, -0.2) is 8.42 Å². The summed E-state index contributed by atoms with van der Waals surface area (Å²) in [5.41, 5.74) is 0. The average Bonchev–Trinajstić information content (AvgIpc) is 3.10. The Morgan fingerprint density at radius 3 is 2.21 bits per heavy atom. The second-order valence-electron chi connectivity index (χ2n) is 11.5. The minimum Gasteiger partial charge on any atom is -0.335 e. The highest BCUT2D eigenvalue weighted by Crippen LogP contribution is 2.45. The third kappa shape index (κ3) is 4.35. The number of rotatable bonds is 3. The van der Waals surface area contributed by atoms with Crippen molar-refractivity contribution in [2.24, 2.45) is 17.8 Å².